The molecule has 1 saturated heterocycles. The van der Waals surface area contributed by atoms with E-state index in [1.54, 1.807) is 0 Å². The molecule has 4 aliphatic carbocycles. The van der Waals surface area contributed by atoms with Crippen molar-refractivity contribution in [3.63, 3.8) is 0 Å². The van der Waals surface area contributed by atoms with E-state index in [1.807, 2.05) is 6.92 Å². The summed E-state index contributed by atoms with van der Waals surface area (Å²) >= 11 is 0. The number of hydrogen-bond acceptors (Lipinski definition) is 9. The Bertz CT molecular complexity index is 1100. The molecule has 0 amide bonds. The molecule has 260 valence electrons. The first-order chi connectivity index (χ1) is 20.8. The molecule has 0 bridgehead atoms. The topological polar surface area (TPSA) is 160 Å². The van der Waals surface area contributed by atoms with Gasteiger partial charge in [0, 0.05) is 0 Å². The fourth-order valence-corrected chi connectivity index (χ4v) is 11.9. The van der Waals surface area contributed by atoms with Crippen molar-refractivity contribution < 1.29 is 45.2 Å². The number of rotatable bonds is 7. The standard InChI is InChI=1S/C36H62O9/c1-19(2)10-9-13-36(8,43)20-11-15-34(6)26(20)21(38)16-24-33(5)14-12-25(39)32(3,4)30(33)22(17-35(24,34)7)44-31-29(42)28(41)27(40)23(18-37)45-31/h10,20-31,37-43H,9,11-18H2,1-8H3/t20?,21?,22-,23+,24?,25?,26?,27+,28-,29+,30?,31+,33?,34?,35?,36?/m0/s1. The van der Waals surface area contributed by atoms with Gasteiger partial charge in [-0.05, 0) is 117 Å². The molecule has 45 heavy (non-hydrogen) atoms. The maximum absolute atomic E-state index is 12.1. The van der Waals surface area contributed by atoms with Crippen molar-refractivity contribution in [3.8, 4) is 0 Å². The summed E-state index contributed by atoms with van der Waals surface area (Å²) in [4.78, 5) is 0. The Labute approximate surface area is 270 Å². The van der Waals surface area contributed by atoms with Gasteiger partial charge in [-0.2, -0.15) is 0 Å². The fourth-order valence-electron chi connectivity index (χ4n) is 11.9. The van der Waals surface area contributed by atoms with Gasteiger partial charge < -0.3 is 45.2 Å². The van der Waals surface area contributed by atoms with E-state index in [-0.39, 0.29) is 39.9 Å². The van der Waals surface area contributed by atoms with E-state index in [1.165, 1.54) is 5.57 Å². The molecular formula is C36H62O9. The molecule has 5 fully saturated rings. The fraction of sp³-hybridized carbons (Fsp3) is 0.944. The number of aliphatic hydroxyl groups excluding tert-OH is 6. The first-order valence-corrected chi connectivity index (χ1v) is 17.4. The lowest BCUT2D eigenvalue weighted by atomic mass is 9.34. The Kier molecular flexibility index (Phi) is 9.56. The van der Waals surface area contributed by atoms with Crippen LogP contribution in [0.3, 0.4) is 0 Å². The molecule has 7 N–H and O–H groups in total. The second-order valence-electron chi connectivity index (χ2n) is 17.5. The van der Waals surface area contributed by atoms with Crippen molar-refractivity contribution in [3.05, 3.63) is 11.6 Å². The van der Waals surface area contributed by atoms with Crippen molar-refractivity contribution in [2.24, 2.45) is 45.3 Å². The zero-order chi connectivity index (χ0) is 33.5. The van der Waals surface area contributed by atoms with Gasteiger partial charge in [0.2, 0.25) is 0 Å². The summed E-state index contributed by atoms with van der Waals surface area (Å²) in [5, 5.41) is 77.2. The number of hydrogen-bond donors (Lipinski definition) is 7. The van der Waals surface area contributed by atoms with E-state index in [0.717, 1.165) is 25.7 Å². The van der Waals surface area contributed by atoms with Gasteiger partial charge in [0.25, 0.3) is 0 Å². The van der Waals surface area contributed by atoms with Gasteiger partial charge in [-0.3, -0.25) is 0 Å². The summed E-state index contributed by atoms with van der Waals surface area (Å²) < 4.78 is 12.6. The van der Waals surface area contributed by atoms with E-state index in [9.17, 15) is 35.7 Å². The lowest BCUT2D eigenvalue weighted by Gasteiger charge is -2.72. The van der Waals surface area contributed by atoms with Crippen LogP contribution in [-0.4, -0.2) is 97.0 Å². The molecule has 4 saturated carbocycles. The first-order valence-electron chi connectivity index (χ1n) is 17.4. The van der Waals surface area contributed by atoms with Crippen molar-refractivity contribution in [2.75, 3.05) is 6.61 Å². The summed E-state index contributed by atoms with van der Waals surface area (Å²) in [7, 11) is 0. The molecule has 0 aromatic rings. The van der Waals surface area contributed by atoms with Crippen LogP contribution >= 0.6 is 0 Å². The molecule has 1 aliphatic heterocycles. The molecule has 10 unspecified atom stereocenters. The smallest absolute Gasteiger partial charge is 0.186 e. The van der Waals surface area contributed by atoms with Gasteiger partial charge >= 0.3 is 0 Å². The van der Waals surface area contributed by atoms with Crippen LogP contribution in [0.25, 0.3) is 0 Å². The SMILES string of the molecule is CC(C)=CCCC(C)(O)C1CCC2(C)C1C(O)CC1C3(C)CCC(O)C(C)(C)C3[C@@H](O[C@@H]3O[C@H](CO)[C@@H](O)[C@H](O)[C@H]3O)CC12C. The highest BCUT2D eigenvalue weighted by atomic mass is 16.7. The number of aliphatic hydroxyl groups is 7. The van der Waals surface area contributed by atoms with Crippen molar-refractivity contribution in [2.45, 2.75) is 161 Å². The lowest BCUT2D eigenvalue weighted by molar-refractivity contribution is -0.346. The zero-order valence-corrected chi connectivity index (χ0v) is 28.8. The van der Waals surface area contributed by atoms with Gasteiger partial charge in [-0.25, -0.2) is 0 Å². The molecule has 16 atom stereocenters. The Morgan fingerprint density at radius 3 is 2.22 bits per heavy atom. The summed E-state index contributed by atoms with van der Waals surface area (Å²) in [5.41, 5.74) is -1.21. The van der Waals surface area contributed by atoms with Crippen LogP contribution in [0.15, 0.2) is 11.6 Å². The average Bonchev–Trinajstić information content (AvgIpc) is 3.33. The zero-order valence-electron chi connectivity index (χ0n) is 28.8. The van der Waals surface area contributed by atoms with E-state index >= 15 is 0 Å². The van der Waals surface area contributed by atoms with Crippen molar-refractivity contribution in [1.29, 1.82) is 0 Å². The molecule has 0 radical (unpaired) electrons. The van der Waals surface area contributed by atoms with Gasteiger partial charge in [-0.1, -0.05) is 46.3 Å². The van der Waals surface area contributed by atoms with E-state index in [2.05, 4.69) is 54.5 Å². The summed E-state index contributed by atoms with van der Waals surface area (Å²) in [5.74, 6) is -0.186. The summed E-state index contributed by atoms with van der Waals surface area (Å²) in [6.07, 6.45) is -0.603. The third kappa shape index (κ3) is 5.48. The highest BCUT2D eigenvalue weighted by Gasteiger charge is 2.73. The van der Waals surface area contributed by atoms with Gasteiger partial charge in [-0.15, -0.1) is 0 Å². The minimum Gasteiger partial charge on any atom is -0.394 e. The maximum Gasteiger partial charge on any atom is 0.186 e. The molecule has 9 nitrogen and oxygen atoms in total. The number of allylic oxidation sites excluding steroid dienone is 2. The normalized spacial score (nSPS) is 52.2. The monoisotopic (exact) mass is 638 g/mol. The predicted octanol–water partition coefficient (Wildman–Crippen LogP) is 3.30. The predicted molar refractivity (Wildman–Crippen MR) is 170 cm³/mol. The molecule has 0 aromatic heterocycles. The molecule has 1 heterocycles. The van der Waals surface area contributed by atoms with Crippen molar-refractivity contribution in [1.82, 2.24) is 0 Å². The van der Waals surface area contributed by atoms with Gasteiger partial charge in [0.1, 0.15) is 24.4 Å². The highest BCUT2D eigenvalue weighted by Crippen LogP contribution is 2.76. The van der Waals surface area contributed by atoms with Crippen LogP contribution in [0.2, 0.25) is 0 Å². The molecule has 5 rings (SSSR count). The van der Waals surface area contributed by atoms with Crippen LogP contribution < -0.4 is 0 Å². The van der Waals surface area contributed by atoms with Gasteiger partial charge in [0.05, 0.1) is 30.5 Å². The van der Waals surface area contributed by atoms with Crippen LogP contribution in [0, 0.1) is 45.3 Å². The number of ether oxygens (including phenoxy) is 2. The number of fused-ring (bicyclic) bond motifs is 5. The maximum atomic E-state index is 12.1. The van der Waals surface area contributed by atoms with Gasteiger partial charge in [0.15, 0.2) is 6.29 Å². The van der Waals surface area contributed by atoms with E-state index in [4.69, 9.17) is 9.47 Å². The molecule has 0 aromatic carbocycles. The molecular weight excluding hydrogens is 576 g/mol. The molecule has 0 spiro atoms. The Hall–Kier alpha value is -0.620. The lowest BCUT2D eigenvalue weighted by Crippen LogP contribution is -2.71. The summed E-state index contributed by atoms with van der Waals surface area (Å²) in [6.45, 7) is 16.6. The van der Waals surface area contributed by atoms with E-state index < -0.39 is 66.6 Å². The van der Waals surface area contributed by atoms with Crippen molar-refractivity contribution >= 4 is 0 Å². The minimum atomic E-state index is -1.54. The van der Waals surface area contributed by atoms with E-state index in [0.29, 0.717) is 25.7 Å². The summed E-state index contributed by atoms with van der Waals surface area (Å²) in [6, 6.07) is 0. The Morgan fingerprint density at radius 1 is 0.933 bits per heavy atom. The van der Waals surface area contributed by atoms with Crippen LogP contribution in [0.5, 0.6) is 0 Å². The Balaban J connectivity index is 1.54. The first kappa shape index (κ1) is 35.7. The molecule has 5 aliphatic rings. The Morgan fingerprint density at radius 2 is 1.60 bits per heavy atom. The quantitative estimate of drug-likeness (QED) is 0.164. The average molecular weight is 639 g/mol. The van der Waals surface area contributed by atoms with Crippen LogP contribution in [-0.2, 0) is 9.47 Å². The largest absolute Gasteiger partial charge is 0.394 e. The highest BCUT2D eigenvalue weighted by molar-refractivity contribution is 5.22. The molecule has 9 heteroatoms. The minimum absolute atomic E-state index is 0.0548. The van der Waals surface area contributed by atoms with Crippen LogP contribution in [0.1, 0.15) is 107 Å². The third-order valence-corrected chi connectivity index (χ3v) is 14.4. The van der Waals surface area contributed by atoms with Crippen LogP contribution in [0.4, 0.5) is 0 Å². The second kappa shape index (κ2) is 12.1. The third-order valence-electron chi connectivity index (χ3n) is 14.4. The second-order valence-corrected chi connectivity index (χ2v) is 17.5.